The Kier molecular flexibility index (Phi) is 3.82. The number of morpholine rings is 1. The highest BCUT2D eigenvalue weighted by molar-refractivity contribution is 7.88. The monoisotopic (exact) mass is 353 g/mol. The molecule has 1 saturated heterocycles. The predicted octanol–water partition coefficient (Wildman–Crippen LogP) is -0.546. The number of benzene rings is 1. The molecule has 2 aliphatic heterocycles. The first-order valence-electron chi connectivity index (χ1n) is 7.42. The number of rotatable bonds is 3. The summed E-state index contributed by atoms with van der Waals surface area (Å²) in [5.74, 6) is 1.19. The Hall–Kier alpha value is -2.24. The lowest BCUT2D eigenvalue weighted by Crippen LogP contribution is -2.41. The van der Waals surface area contributed by atoms with E-state index in [4.69, 9.17) is 14.2 Å². The topological polar surface area (TPSA) is 109 Å². The van der Waals surface area contributed by atoms with Crippen molar-refractivity contribution in [2.75, 3.05) is 39.5 Å². The van der Waals surface area contributed by atoms with Crippen LogP contribution in [0.3, 0.4) is 0 Å². The van der Waals surface area contributed by atoms with E-state index in [1.807, 2.05) is 0 Å². The van der Waals surface area contributed by atoms with E-state index in [2.05, 4.69) is 15.4 Å². The van der Waals surface area contributed by atoms with Gasteiger partial charge in [-0.25, -0.2) is 8.42 Å². The number of sulfonamides is 1. The lowest BCUT2D eigenvalue weighted by Gasteiger charge is -2.24. The minimum atomic E-state index is -3.77. The number of hydrogen-bond acceptors (Lipinski definition) is 8. The second-order valence-electron chi connectivity index (χ2n) is 5.21. The van der Waals surface area contributed by atoms with Crippen LogP contribution in [0.2, 0.25) is 0 Å². The first kappa shape index (κ1) is 15.3. The van der Waals surface area contributed by atoms with Gasteiger partial charge in [0, 0.05) is 19.2 Å². The van der Waals surface area contributed by atoms with Crippen LogP contribution in [0.1, 0.15) is 0 Å². The molecule has 0 atom stereocenters. The standard InChI is InChI=1S/C13H15N5O5S/c19-24(20,17-3-5-21-6-4-17)13-14-16-18(15-13)10-1-2-11-12(9-10)23-8-7-22-11/h1-2,9H,3-8H2. The molecule has 0 spiro atoms. The average molecular weight is 353 g/mol. The van der Waals surface area contributed by atoms with E-state index in [0.717, 1.165) is 4.80 Å². The first-order chi connectivity index (χ1) is 11.6. The van der Waals surface area contributed by atoms with E-state index in [1.165, 1.54) is 4.31 Å². The zero-order chi connectivity index (χ0) is 16.6. The molecule has 0 bridgehead atoms. The van der Waals surface area contributed by atoms with E-state index < -0.39 is 10.0 Å². The highest BCUT2D eigenvalue weighted by atomic mass is 32.2. The molecule has 10 nitrogen and oxygen atoms in total. The number of nitrogens with zero attached hydrogens (tertiary/aromatic N) is 5. The smallest absolute Gasteiger partial charge is 0.304 e. The molecule has 1 aromatic carbocycles. The molecule has 11 heteroatoms. The van der Waals surface area contributed by atoms with Crippen molar-refractivity contribution in [3.05, 3.63) is 18.2 Å². The lowest BCUT2D eigenvalue weighted by molar-refractivity contribution is 0.0728. The van der Waals surface area contributed by atoms with Crippen LogP contribution < -0.4 is 9.47 Å². The summed E-state index contributed by atoms with van der Waals surface area (Å²) in [5.41, 5.74) is 0.537. The number of fused-ring (bicyclic) bond motifs is 1. The Morgan fingerprint density at radius 3 is 2.54 bits per heavy atom. The van der Waals surface area contributed by atoms with Crippen molar-refractivity contribution < 1.29 is 22.6 Å². The van der Waals surface area contributed by atoms with Gasteiger partial charge in [0.25, 0.3) is 10.0 Å². The second kappa shape index (κ2) is 6.00. The molecule has 0 amide bonds. The van der Waals surface area contributed by atoms with Crippen molar-refractivity contribution in [2.24, 2.45) is 0 Å². The summed E-state index contributed by atoms with van der Waals surface area (Å²) in [6.07, 6.45) is 0. The zero-order valence-electron chi connectivity index (χ0n) is 12.7. The van der Waals surface area contributed by atoms with Crippen molar-refractivity contribution in [2.45, 2.75) is 5.16 Å². The van der Waals surface area contributed by atoms with Crippen molar-refractivity contribution in [1.29, 1.82) is 0 Å². The number of hydrogen-bond donors (Lipinski definition) is 0. The van der Waals surface area contributed by atoms with Gasteiger partial charge in [-0.05, 0) is 17.3 Å². The van der Waals surface area contributed by atoms with Gasteiger partial charge in [-0.1, -0.05) is 5.10 Å². The molecule has 0 aliphatic carbocycles. The molecule has 128 valence electrons. The van der Waals surface area contributed by atoms with Crippen molar-refractivity contribution in [3.63, 3.8) is 0 Å². The van der Waals surface area contributed by atoms with Crippen molar-refractivity contribution in [3.8, 4) is 17.2 Å². The van der Waals surface area contributed by atoms with E-state index in [1.54, 1.807) is 18.2 Å². The summed E-state index contributed by atoms with van der Waals surface area (Å²) in [7, 11) is -3.77. The SMILES string of the molecule is O=S(=O)(c1nnn(-c2ccc3c(c2)OCCO3)n1)N1CCOCC1. The van der Waals surface area contributed by atoms with E-state index >= 15 is 0 Å². The summed E-state index contributed by atoms with van der Waals surface area (Å²) in [6.45, 7) is 2.22. The minimum absolute atomic E-state index is 0.279. The van der Waals surface area contributed by atoms with Gasteiger partial charge in [0.15, 0.2) is 11.5 Å². The Balaban J connectivity index is 1.63. The molecule has 0 unspecified atom stereocenters. The van der Waals surface area contributed by atoms with Crippen molar-refractivity contribution >= 4 is 10.0 Å². The van der Waals surface area contributed by atoms with Gasteiger partial charge in [0.1, 0.15) is 13.2 Å². The third-order valence-corrected chi connectivity index (χ3v) is 5.36. The molecular formula is C13H15N5O5S. The molecule has 24 heavy (non-hydrogen) atoms. The molecule has 2 aromatic rings. The molecule has 3 heterocycles. The molecule has 4 rings (SSSR count). The fraction of sp³-hybridized carbons (Fsp3) is 0.462. The third kappa shape index (κ3) is 2.70. The van der Waals surface area contributed by atoms with Gasteiger partial charge in [0.2, 0.25) is 0 Å². The Morgan fingerprint density at radius 1 is 1.00 bits per heavy atom. The summed E-state index contributed by atoms with van der Waals surface area (Å²) >= 11 is 0. The minimum Gasteiger partial charge on any atom is -0.486 e. The van der Waals surface area contributed by atoms with Crippen LogP contribution in [0, 0.1) is 0 Å². The maximum atomic E-state index is 12.5. The largest absolute Gasteiger partial charge is 0.486 e. The van der Waals surface area contributed by atoms with Gasteiger partial charge in [-0.3, -0.25) is 0 Å². The summed E-state index contributed by atoms with van der Waals surface area (Å²) in [6, 6.07) is 5.12. The van der Waals surface area contributed by atoms with Crippen LogP contribution in [0.4, 0.5) is 0 Å². The molecule has 1 fully saturated rings. The Bertz CT molecular complexity index is 846. The maximum absolute atomic E-state index is 12.5. The molecule has 2 aliphatic rings. The third-order valence-electron chi connectivity index (χ3n) is 3.69. The van der Waals surface area contributed by atoms with Crippen LogP contribution >= 0.6 is 0 Å². The maximum Gasteiger partial charge on any atom is 0.304 e. The van der Waals surface area contributed by atoms with E-state index in [9.17, 15) is 8.42 Å². The summed E-state index contributed by atoms with van der Waals surface area (Å²) < 4.78 is 42.4. The Labute approximate surface area is 138 Å². The fourth-order valence-corrected chi connectivity index (χ4v) is 3.65. The van der Waals surface area contributed by atoms with Gasteiger partial charge in [-0.15, -0.1) is 9.90 Å². The average Bonchev–Trinajstić information content (AvgIpc) is 3.13. The van der Waals surface area contributed by atoms with Crippen LogP contribution in [0.5, 0.6) is 11.5 Å². The van der Waals surface area contributed by atoms with Gasteiger partial charge < -0.3 is 14.2 Å². The first-order valence-corrected chi connectivity index (χ1v) is 8.86. The van der Waals surface area contributed by atoms with Gasteiger partial charge in [-0.2, -0.15) is 4.31 Å². The van der Waals surface area contributed by atoms with Crippen LogP contribution in [-0.4, -0.2) is 72.4 Å². The normalized spacial score (nSPS) is 18.5. The second-order valence-corrected chi connectivity index (χ2v) is 7.04. The van der Waals surface area contributed by atoms with E-state index in [0.29, 0.717) is 43.6 Å². The van der Waals surface area contributed by atoms with Crippen LogP contribution in [0.15, 0.2) is 23.4 Å². The molecular weight excluding hydrogens is 338 g/mol. The van der Waals surface area contributed by atoms with Gasteiger partial charge >= 0.3 is 5.16 Å². The number of ether oxygens (including phenoxy) is 3. The fourth-order valence-electron chi connectivity index (χ4n) is 2.47. The highest BCUT2D eigenvalue weighted by Gasteiger charge is 2.30. The van der Waals surface area contributed by atoms with Crippen LogP contribution in [-0.2, 0) is 14.8 Å². The molecule has 1 aromatic heterocycles. The Morgan fingerprint density at radius 2 is 1.75 bits per heavy atom. The summed E-state index contributed by atoms with van der Waals surface area (Å²) in [4.78, 5) is 1.16. The van der Waals surface area contributed by atoms with E-state index in [-0.39, 0.29) is 18.2 Å². The lowest BCUT2D eigenvalue weighted by atomic mass is 10.2. The summed E-state index contributed by atoms with van der Waals surface area (Å²) in [5, 5.41) is 11.2. The molecule has 0 N–H and O–H groups in total. The molecule has 0 radical (unpaired) electrons. The van der Waals surface area contributed by atoms with Crippen molar-refractivity contribution in [1.82, 2.24) is 24.5 Å². The number of aromatic nitrogens is 4. The van der Waals surface area contributed by atoms with Gasteiger partial charge in [0.05, 0.1) is 18.9 Å². The predicted molar refractivity (Wildman–Crippen MR) is 79.7 cm³/mol. The highest BCUT2D eigenvalue weighted by Crippen LogP contribution is 2.31. The molecule has 0 saturated carbocycles. The number of tetrazole rings is 1. The zero-order valence-corrected chi connectivity index (χ0v) is 13.5. The van der Waals surface area contributed by atoms with Crippen LogP contribution in [0.25, 0.3) is 5.69 Å². The quantitative estimate of drug-likeness (QED) is 0.723.